The summed E-state index contributed by atoms with van der Waals surface area (Å²) in [5.74, 6) is 4.13. The zero-order valence-corrected chi connectivity index (χ0v) is 39.1. The summed E-state index contributed by atoms with van der Waals surface area (Å²) in [5, 5.41) is 0. The molecule has 1 aliphatic rings. The summed E-state index contributed by atoms with van der Waals surface area (Å²) in [4.78, 5) is 40.0. The molecule has 7 nitrogen and oxygen atoms in total. The van der Waals surface area contributed by atoms with Crippen molar-refractivity contribution in [1.82, 2.24) is 4.90 Å². The predicted molar refractivity (Wildman–Crippen MR) is 239 cm³/mol. The van der Waals surface area contributed by atoms with Gasteiger partial charge in [0.2, 0.25) is 0 Å². The van der Waals surface area contributed by atoms with Crippen LogP contribution in [0.3, 0.4) is 0 Å². The fourth-order valence-corrected chi connectivity index (χ4v) is 8.40. The van der Waals surface area contributed by atoms with E-state index in [4.69, 9.17) is 14.2 Å². The number of esters is 3. The molecule has 7 heteroatoms. The van der Waals surface area contributed by atoms with E-state index in [1.54, 1.807) is 0 Å². The molecule has 336 valence electrons. The number of hydrogen-bond acceptors (Lipinski definition) is 7. The number of piperidine rings is 1. The van der Waals surface area contributed by atoms with E-state index < -0.39 is 0 Å². The van der Waals surface area contributed by atoms with Gasteiger partial charge in [-0.2, -0.15) is 0 Å². The molecule has 1 fully saturated rings. The Morgan fingerprint density at radius 2 is 0.860 bits per heavy atom. The van der Waals surface area contributed by atoms with Crippen LogP contribution in [0.25, 0.3) is 0 Å². The second-order valence-corrected chi connectivity index (χ2v) is 19.4. The molecule has 2 unspecified atom stereocenters. The molecule has 0 saturated carbocycles. The van der Waals surface area contributed by atoms with Crippen molar-refractivity contribution in [1.29, 1.82) is 0 Å². The minimum atomic E-state index is -0.0523. The fraction of sp³-hybridized carbons (Fsp3) is 0.940. The molecule has 1 heterocycles. The lowest BCUT2D eigenvalue weighted by Crippen LogP contribution is -2.31. The molecule has 0 N–H and O–H groups in total. The normalized spacial score (nSPS) is 15.4. The summed E-state index contributed by atoms with van der Waals surface area (Å²) in [7, 11) is 0. The second kappa shape index (κ2) is 35.2. The summed E-state index contributed by atoms with van der Waals surface area (Å²) < 4.78 is 17.2. The van der Waals surface area contributed by atoms with Gasteiger partial charge >= 0.3 is 17.9 Å². The monoisotopic (exact) mass is 806 g/mol. The van der Waals surface area contributed by atoms with Crippen LogP contribution in [-0.2, 0) is 28.6 Å². The lowest BCUT2D eigenvalue weighted by molar-refractivity contribution is -0.150. The third-order valence-corrected chi connectivity index (χ3v) is 12.5. The van der Waals surface area contributed by atoms with Crippen LogP contribution in [0.1, 0.15) is 229 Å². The molecule has 57 heavy (non-hydrogen) atoms. The van der Waals surface area contributed by atoms with Gasteiger partial charge < -0.3 is 19.1 Å². The van der Waals surface area contributed by atoms with E-state index in [1.807, 2.05) is 0 Å². The van der Waals surface area contributed by atoms with Crippen molar-refractivity contribution in [3.8, 4) is 0 Å². The van der Waals surface area contributed by atoms with Crippen molar-refractivity contribution in [3.63, 3.8) is 0 Å². The third kappa shape index (κ3) is 31.9. The highest BCUT2D eigenvalue weighted by atomic mass is 16.5. The Morgan fingerprint density at radius 3 is 1.30 bits per heavy atom. The van der Waals surface area contributed by atoms with E-state index in [2.05, 4.69) is 60.3 Å². The second-order valence-electron chi connectivity index (χ2n) is 19.4. The van der Waals surface area contributed by atoms with Crippen LogP contribution < -0.4 is 0 Å². The van der Waals surface area contributed by atoms with E-state index in [9.17, 15) is 14.4 Å². The van der Waals surface area contributed by atoms with Gasteiger partial charge in [0.1, 0.15) is 6.10 Å². The summed E-state index contributed by atoms with van der Waals surface area (Å²) in [6.07, 6.45) is 27.7. The molecular weight excluding hydrogens is 711 g/mol. The van der Waals surface area contributed by atoms with E-state index in [0.29, 0.717) is 44.3 Å². The van der Waals surface area contributed by atoms with Crippen LogP contribution in [0.15, 0.2) is 0 Å². The Kier molecular flexibility index (Phi) is 32.9. The number of carbonyl (C=O) groups excluding carboxylic acids is 3. The van der Waals surface area contributed by atoms with Gasteiger partial charge in [0.15, 0.2) is 0 Å². The number of unbranched alkanes of at least 4 members (excludes halogenated alkanes) is 8. The highest BCUT2D eigenvalue weighted by Crippen LogP contribution is 2.26. The Labute approximate surface area is 353 Å². The van der Waals surface area contributed by atoms with Crippen LogP contribution in [0.2, 0.25) is 0 Å². The lowest BCUT2D eigenvalue weighted by Gasteiger charge is -2.26. The topological polar surface area (TPSA) is 82.1 Å². The summed E-state index contributed by atoms with van der Waals surface area (Å²) in [6, 6.07) is 0. The van der Waals surface area contributed by atoms with Gasteiger partial charge in [-0.05, 0) is 151 Å². The molecule has 0 amide bonds. The minimum absolute atomic E-state index is 0.0150. The fourth-order valence-electron chi connectivity index (χ4n) is 8.40. The first-order valence-electron chi connectivity index (χ1n) is 24.6. The Hall–Kier alpha value is -1.63. The SMILES string of the molecule is CC(C)CCC(CCCOC(=O)CCCCCCCC(CCCCCCCC(=O)OCCCC(CCC(C)C)C(C)C)OC(=O)CCCN1CCCCC1)C(C)C. The Bertz CT molecular complexity index is 916. The van der Waals surface area contributed by atoms with E-state index in [-0.39, 0.29) is 24.0 Å². The van der Waals surface area contributed by atoms with E-state index >= 15 is 0 Å². The largest absolute Gasteiger partial charge is 0.466 e. The first kappa shape index (κ1) is 53.4. The van der Waals surface area contributed by atoms with Gasteiger partial charge in [-0.15, -0.1) is 0 Å². The quantitative estimate of drug-likeness (QED) is 0.0351. The number of rotatable bonds is 37. The maximum atomic E-state index is 12.9. The molecule has 0 spiro atoms. The van der Waals surface area contributed by atoms with Crippen molar-refractivity contribution >= 4 is 17.9 Å². The molecule has 1 rings (SSSR count). The molecule has 0 bridgehead atoms. The van der Waals surface area contributed by atoms with Crippen LogP contribution in [-0.4, -0.2) is 61.8 Å². The third-order valence-electron chi connectivity index (χ3n) is 12.5. The highest BCUT2D eigenvalue weighted by Gasteiger charge is 2.18. The van der Waals surface area contributed by atoms with Crippen LogP contribution in [0.5, 0.6) is 0 Å². The smallest absolute Gasteiger partial charge is 0.306 e. The van der Waals surface area contributed by atoms with Crippen LogP contribution >= 0.6 is 0 Å². The van der Waals surface area contributed by atoms with E-state index in [0.717, 1.165) is 152 Å². The molecular formula is C50H95NO6. The van der Waals surface area contributed by atoms with Crippen molar-refractivity contribution < 1.29 is 28.6 Å². The number of nitrogens with zero attached hydrogens (tertiary/aromatic N) is 1. The highest BCUT2D eigenvalue weighted by molar-refractivity contribution is 5.70. The minimum Gasteiger partial charge on any atom is -0.466 e. The van der Waals surface area contributed by atoms with Crippen molar-refractivity contribution in [3.05, 3.63) is 0 Å². The van der Waals surface area contributed by atoms with Gasteiger partial charge in [0, 0.05) is 19.3 Å². The Balaban J connectivity index is 2.29. The van der Waals surface area contributed by atoms with Crippen molar-refractivity contribution in [2.75, 3.05) is 32.8 Å². The molecule has 0 aliphatic carbocycles. The van der Waals surface area contributed by atoms with Gasteiger partial charge in [-0.25, -0.2) is 0 Å². The zero-order valence-electron chi connectivity index (χ0n) is 39.1. The maximum absolute atomic E-state index is 12.9. The summed E-state index contributed by atoms with van der Waals surface area (Å²) in [6.45, 7) is 22.8. The van der Waals surface area contributed by atoms with Crippen LogP contribution in [0, 0.1) is 35.5 Å². The summed E-state index contributed by atoms with van der Waals surface area (Å²) in [5.41, 5.74) is 0. The van der Waals surface area contributed by atoms with Crippen molar-refractivity contribution in [2.45, 2.75) is 235 Å². The van der Waals surface area contributed by atoms with Gasteiger partial charge in [0.05, 0.1) is 13.2 Å². The zero-order chi connectivity index (χ0) is 42.1. The number of hydrogen-bond donors (Lipinski definition) is 0. The Morgan fingerprint density at radius 1 is 0.439 bits per heavy atom. The number of carbonyl (C=O) groups is 3. The molecule has 0 aromatic carbocycles. The molecule has 0 aromatic heterocycles. The van der Waals surface area contributed by atoms with Gasteiger partial charge in [0.25, 0.3) is 0 Å². The number of likely N-dealkylation sites (tertiary alicyclic amines) is 1. The molecule has 2 atom stereocenters. The summed E-state index contributed by atoms with van der Waals surface area (Å²) >= 11 is 0. The first-order chi connectivity index (χ1) is 27.4. The number of ether oxygens (including phenoxy) is 3. The van der Waals surface area contributed by atoms with Crippen LogP contribution in [0.4, 0.5) is 0 Å². The first-order valence-corrected chi connectivity index (χ1v) is 24.6. The average molecular weight is 806 g/mol. The van der Waals surface area contributed by atoms with Gasteiger partial charge in [-0.1, -0.05) is 113 Å². The molecule has 1 saturated heterocycles. The molecule has 1 aliphatic heterocycles. The maximum Gasteiger partial charge on any atom is 0.306 e. The predicted octanol–water partition coefficient (Wildman–Crippen LogP) is 13.7. The van der Waals surface area contributed by atoms with Gasteiger partial charge in [-0.3, -0.25) is 14.4 Å². The average Bonchev–Trinajstić information content (AvgIpc) is 3.16. The lowest BCUT2D eigenvalue weighted by atomic mass is 9.85. The van der Waals surface area contributed by atoms with E-state index in [1.165, 1.54) is 44.9 Å². The molecule has 0 radical (unpaired) electrons. The van der Waals surface area contributed by atoms with Crippen molar-refractivity contribution in [2.24, 2.45) is 35.5 Å². The molecule has 0 aromatic rings. The standard InChI is InChI=1S/C50H95NO6/c1-41(2)32-34-45(43(5)6)25-23-39-55-48(52)29-18-13-9-11-16-27-47(57-50(54)31-22-38-51-36-20-15-21-37-51)28-17-12-10-14-19-30-49(53)56-40-24-26-46(44(7)8)35-33-42(3)4/h41-47H,9-40H2,1-8H3.